The van der Waals surface area contributed by atoms with Gasteiger partial charge in [-0.05, 0) is 12.1 Å². The van der Waals surface area contributed by atoms with E-state index < -0.39 is 0 Å². The third kappa shape index (κ3) is 2.20. The zero-order valence-corrected chi connectivity index (χ0v) is 10.3. The van der Waals surface area contributed by atoms with Crippen molar-refractivity contribution in [2.75, 3.05) is 7.11 Å². The van der Waals surface area contributed by atoms with Gasteiger partial charge in [0, 0.05) is 10.9 Å². The average Bonchev–Trinajstić information content (AvgIpc) is 2.78. The van der Waals surface area contributed by atoms with Gasteiger partial charge in [0.05, 0.1) is 7.11 Å². The number of nitrogens with zero attached hydrogens (tertiary/aromatic N) is 1. The summed E-state index contributed by atoms with van der Waals surface area (Å²) in [7, 11) is 1.64. The molecule has 1 aromatic heterocycles. The van der Waals surface area contributed by atoms with Gasteiger partial charge in [-0.25, -0.2) is 4.98 Å². The normalized spacial score (nSPS) is 10.1. The quantitative estimate of drug-likeness (QED) is 0.850. The second kappa shape index (κ2) is 4.59. The van der Waals surface area contributed by atoms with Gasteiger partial charge < -0.3 is 10.5 Å². The minimum Gasteiger partial charge on any atom is -0.497 e. The number of hydrogen-bond acceptors (Lipinski definition) is 4. The van der Waals surface area contributed by atoms with Gasteiger partial charge in [-0.2, -0.15) is 0 Å². The van der Waals surface area contributed by atoms with Gasteiger partial charge in [-0.15, -0.1) is 11.3 Å². The highest BCUT2D eigenvalue weighted by Crippen LogP contribution is 2.26. The Labute approximate surface area is 103 Å². The molecular weight excluding hydrogens is 240 g/mol. The van der Waals surface area contributed by atoms with Gasteiger partial charge in [-0.3, -0.25) is 0 Å². The second-order valence-electron chi connectivity index (χ2n) is 3.13. The Bertz CT molecular complexity index is 522. The van der Waals surface area contributed by atoms with Crippen molar-refractivity contribution in [1.29, 1.82) is 0 Å². The first-order valence-electron chi connectivity index (χ1n) is 4.60. The molecule has 0 radical (unpaired) electrons. The van der Waals surface area contributed by atoms with Crippen LogP contribution in [0.15, 0.2) is 29.6 Å². The molecule has 0 saturated carbocycles. The van der Waals surface area contributed by atoms with Crippen LogP contribution >= 0.6 is 23.6 Å². The second-order valence-corrected chi connectivity index (χ2v) is 4.43. The van der Waals surface area contributed by atoms with E-state index in [1.807, 2.05) is 29.6 Å². The molecule has 3 nitrogen and oxygen atoms in total. The van der Waals surface area contributed by atoms with E-state index in [-0.39, 0.29) is 0 Å². The average molecular weight is 250 g/mol. The van der Waals surface area contributed by atoms with Crippen LogP contribution in [0.5, 0.6) is 5.75 Å². The van der Waals surface area contributed by atoms with Crippen LogP contribution in [-0.2, 0) is 0 Å². The first-order valence-corrected chi connectivity index (χ1v) is 5.89. The Kier molecular flexibility index (Phi) is 3.17. The van der Waals surface area contributed by atoms with Crippen molar-refractivity contribution in [1.82, 2.24) is 4.98 Å². The molecule has 82 valence electrons. The number of benzene rings is 1. The summed E-state index contributed by atoms with van der Waals surface area (Å²) >= 11 is 6.39. The molecule has 0 fully saturated rings. The summed E-state index contributed by atoms with van der Waals surface area (Å²) in [6.07, 6.45) is 0. The van der Waals surface area contributed by atoms with Gasteiger partial charge in [0.15, 0.2) is 0 Å². The lowest BCUT2D eigenvalue weighted by molar-refractivity contribution is 0.415. The van der Waals surface area contributed by atoms with Crippen LogP contribution in [0.1, 0.15) is 5.69 Å². The third-order valence-electron chi connectivity index (χ3n) is 2.07. The summed E-state index contributed by atoms with van der Waals surface area (Å²) in [6.45, 7) is 0. The van der Waals surface area contributed by atoms with Crippen molar-refractivity contribution in [3.8, 4) is 16.3 Å². The van der Waals surface area contributed by atoms with Crippen LogP contribution in [0.2, 0.25) is 0 Å². The molecule has 0 spiro atoms. The Balaban J connectivity index is 2.38. The topological polar surface area (TPSA) is 48.1 Å². The molecule has 2 aromatic rings. The van der Waals surface area contributed by atoms with Crippen LogP contribution in [-0.4, -0.2) is 17.1 Å². The lowest BCUT2D eigenvalue weighted by Crippen LogP contribution is -2.09. The minimum absolute atomic E-state index is 0.324. The zero-order valence-electron chi connectivity index (χ0n) is 8.64. The fourth-order valence-electron chi connectivity index (χ4n) is 1.28. The standard InChI is InChI=1S/C11H10N2OS2/c1-14-8-4-2-3-7(5-8)11-13-9(6-16-11)10(12)15/h2-6H,1H3,(H2,12,15). The number of rotatable bonds is 3. The maximum atomic E-state index is 5.51. The number of methoxy groups -OCH3 is 1. The number of aromatic nitrogens is 1. The molecule has 0 saturated heterocycles. The van der Waals surface area contributed by atoms with E-state index >= 15 is 0 Å². The monoisotopic (exact) mass is 250 g/mol. The van der Waals surface area contributed by atoms with Crippen molar-refractivity contribution >= 4 is 28.5 Å². The molecular formula is C11H10N2OS2. The van der Waals surface area contributed by atoms with Crippen molar-refractivity contribution in [2.45, 2.75) is 0 Å². The lowest BCUT2D eigenvalue weighted by Gasteiger charge is -2.01. The Hall–Kier alpha value is -1.46. The summed E-state index contributed by atoms with van der Waals surface area (Å²) in [5.41, 5.74) is 7.18. The summed E-state index contributed by atoms with van der Waals surface area (Å²) in [5.74, 6) is 0.810. The highest BCUT2D eigenvalue weighted by Gasteiger charge is 2.06. The summed E-state index contributed by atoms with van der Waals surface area (Å²) in [5, 5.41) is 2.75. The Morgan fingerprint density at radius 1 is 1.50 bits per heavy atom. The Morgan fingerprint density at radius 3 is 2.94 bits per heavy atom. The molecule has 1 heterocycles. The molecule has 0 amide bonds. The van der Waals surface area contributed by atoms with Crippen LogP contribution in [0.25, 0.3) is 10.6 Å². The molecule has 0 bridgehead atoms. The van der Waals surface area contributed by atoms with Gasteiger partial charge in [0.25, 0.3) is 0 Å². The van der Waals surface area contributed by atoms with Gasteiger partial charge in [-0.1, -0.05) is 24.4 Å². The van der Waals surface area contributed by atoms with Gasteiger partial charge in [0.2, 0.25) is 0 Å². The third-order valence-corrected chi connectivity index (χ3v) is 3.17. The van der Waals surface area contributed by atoms with Gasteiger partial charge >= 0.3 is 0 Å². The van der Waals surface area contributed by atoms with Crippen molar-refractivity contribution < 1.29 is 4.74 Å². The highest BCUT2D eigenvalue weighted by atomic mass is 32.1. The molecule has 0 aliphatic carbocycles. The van der Waals surface area contributed by atoms with Crippen molar-refractivity contribution in [3.63, 3.8) is 0 Å². The molecule has 1 aromatic carbocycles. The molecule has 2 N–H and O–H groups in total. The van der Waals surface area contributed by atoms with Crippen LogP contribution in [0, 0.1) is 0 Å². The molecule has 16 heavy (non-hydrogen) atoms. The smallest absolute Gasteiger partial charge is 0.124 e. The first-order chi connectivity index (χ1) is 7.70. The fraction of sp³-hybridized carbons (Fsp3) is 0.0909. The first kappa shape index (κ1) is 11.0. The molecule has 0 atom stereocenters. The molecule has 0 aliphatic heterocycles. The van der Waals surface area contributed by atoms with E-state index in [0.717, 1.165) is 16.3 Å². The fourth-order valence-corrected chi connectivity index (χ4v) is 2.27. The predicted octanol–water partition coefficient (Wildman–Crippen LogP) is 2.45. The van der Waals surface area contributed by atoms with E-state index in [0.29, 0.717) is 10.7 Å². The van der Waals surface area contributed by atoms with Gasteiger partial charge in [0.1, 0.15) is 21.4 Å². The minimum atomic E-state index is 0.324. The summed E-state index contributed by atoms with van der Waals surface area (Å²) < 4.78 is 5.16. The predicted molar refractivity (Wildman–Crippen MR) is 70.0 cm³/mol. The van der Waals surface area contributed by atoms with Crippen LogP contribution in [0.3, 0.4) is 0 Å². The molecule has 0 unspecified atom stereocenters. The summed E-state index contributed by atoms with van der Waals surface area (Å²) in [4.78, 5) is 4.68. The van der Waals surface area contributed by atoms with Crippen LogP contribution < -0.4 is 10.5 Å². The molecule has 0 aliphatic rings. The molecule has 5 heteroatoms. The van der Waals surface area contributed by atoms with Crippen molar-refractivity contribution in [3.05, 3.63) is 35.3 Å². The lowest BCUT2D eigenvalue weighted by atomic mass is 10.2. The number of hydrogen-bond donors (Lipinski definition) is 1. The highest BCUT2D eigenvalue weighted by molar-refractivity contribution is 7.80. The maximum absolute atomic E-state index is 5.51. The van der Waals surface area contributed by atoms with E-state index in [2.05, 4.69) is 4.98 Å². The number of thiazole rings is 1. The van der Waals surface area contributed by atoms with E-state index in [1.54, 1.807) is 7.11 Å². The maximum Gasteiger partial charge on any atom is 0.124 e. The molecule has 2 rings (SSSR count). The summed E-state index contributed by atoms with van der Waals surface area (Å²) in [6, 6.07) is 7.73. The van der Waals surface area contributed by atoms with Crippen molar-refractivity contribution in [2.24, 2.45) is 5.73 Å². The number of nitrogens with two attached hydrogens (primary N) is 1. The van der Waals surface area contributed by atoms with Crippen LogP contribution in [0.4, 0.5) is 0 Å². The van der Waals surface area contributed by atoms with E-state index in [1.165, 1.54) is 11.3 Å². The zero-order chi connectivity index (χ0) is 11.5. The SMILES string of the molecule is COc1cccc(-c2nc(C(N)=S)cs2)c1. The number of ether oxygens (including phenoxy) is 1. The number of thiocarbonyl (C=S) groups is 1. The Morgan fingerprint density at radius 2 is 2.31 bits per heavy atom. The van der Waals surface area contributed by atoms with E-state index in [9.17, 15) is 0 Å². The largest absolute Gasteiger partial charge is 0.497 e. The van der Waals surface area contributed by atoms with E-state index in [4.69, 9.17) is 22.7 Å².